The minimum Gasteiger partial charge on any atom is -0.330 e. The highest BCUT2D eigenvalue weighted by molar-refractivity contribution is 5.40. The number of hydrogen-bond acceptors (Lipinski definition) is 1. The Kier molecular flexibility index (Phi) is 2.97. The quantitative estimate of drug-likeness (QED) is 0.858. The van der Waals surface area contributed by atoms with Crippen molar-refractivity contribution in [3.05, 3.63) is 34.9 Å². The Labute approximate surface area is 105 Å². The van der Waals surface area contributed by atoms with Crippen LogP contribution in [-0.2, 0) is 6.18 Å². The molecule has 0 aromatic heterocycles. The van der Waals surface area contributed by atoms with Crippen molar-refractivity contribution < 1.29 is 13.2 Å². The third-order valence-electron chi connectivity index (χ3n) is 4.24. The molecule has 1 aliphatic carbocycles. The SMILES string of the molecule is Cc1cc(C(F)(F)F)ccc1[C@@H]1[C@@H](CN)C1(C)C. The zero-order valence-corrected chi connectivity index (χ0v) is 10.8. The molecule has 0 saturated heterocycles. The lowest BCUT2D eigenvalue weighted by atomic mass is 9.97. The van der Waals surface area contributed by atoms with Crippen molar-refractivity contribution in [2.45, 2.75) is 32.9 Å². The van der Waals surface area contributed by atoms with Crippen LogP contribution in [0.3, 0.4) is 0 Å². The fraction of sp³-hybridized carbons (Fsp3) is 0.571. The zero-order chi connectivity index (χ0) is 13.7. The van der Waals surface area contributed by atoms with Crippen molar-refractivity contribution in [1.82, 2.24) is 0 Å². The topological polar surface area (TPSA) is 26.0 Å². The van der Waals surface area contributed by atoms with Crippen LogP contribution in [0.5, 0.6) is 0 Å². The van der Waals surface area contributed by atoms with Gasteiger partial charge in [0.05, 0.1) is 5.56 Å². The summed E-state index contributed by atoms with van der Waals surface area (Å²) in [5.41, 5.74) is 6.94. The summed E-state index contributed by atoms with van der Waals surface area (Å²) in [6, 6.07) is 4.02. The standard InChI is InChI=1S/C14H18F3N/c1-8-6-9(14(15,16)17)4-5-10(8)12-11(7-18)13(12,2)3/h4-6,11-12H,7,18H2,1-3H3/t11-,12-/m1/s1. The maximum atomic E-state index is 12.6. The molecule has 0 amide bonds. The Balaban J connectivity index is 2.33. The van der Waals surface area contributed by atoms with E-state index >= 15 is 0 Å². The van der Waals surface area contributed by atoms with Crippen LogP contribution in [-0.4, -0.2) is 6.54 Å². The van der Waals surface area contributed by atoms with Crippen molar-refractivity contribution >= 4 is 0 Å². The summed E-state index contributed by atoms with van der Waals surface area (Å²) in [6.07, 6.45) is -4.27. The molecule has 1 fully saturated rings. The lowest BCUT2D eigenvalue weighted by Crippen LogP contribution is -2.06. The summed E-state index contributed by atoms with van der Waals surface area (Å²) in [5.74, 6) is 0.651. The molecule has 2 atom stereocenters. The predicted molar refractivity (Wildman–Crippen MR) is 65.2 cm³/mol. The third-order valence-corrected chi connectivity index (χ3v) is 4.24. The van der Waals surface area contributed by atoms with E-state index in [9.17, 15) is 13.2 Å². The first kappa shape index (κ1) is 13.4. The molecule has 4 heteroatoms. The first-order chi connectivity index (χ1) is 8.19. The highest BCUT2D eigenvalue weighted by Gasteiger charge is 2.57. The monoisotopic (exact) mass is 257 g/mol. The van der Waals surface area contributed by atoms with E-state index in [2.05, 4.69) is 13.8 Å². The Morgan fingerprint density at radius 1 is 1.28 bits per heavy atom. The third kappa shape index (κ3) is 2.03. The van der Waals surface area contributed by atoms with Crippen LogP contribution in [0.2, 0.25) is 0 Å². The van der Waals surface area contributed by atoms with Gasteiger partial charge in [0.2, 0.25) is 0 Å². The second kappa shape index (κ2) is 3.98. The first-order valence-electron chi connectivity index (χ1n) is 6.07. The normalized spacial score (nSPS) is 26.2. The average molecular weight is 257 g/mol. The van der Waals surface area contributed by atoms with Crippen molar-refractivity contribution in [2.24, 2.45) is 17.1 Å². The van der Waals surface area contributed by atoms with Gasteiger partial charge in [-0.2, -0.15) is 13.2 Å². The molecule has 0 spiro atoms. The number of benzene rings is 1. The molecule has 1 aromatic rings. The van der Waals surface area contributed by atoms with E-state index in [1.54, 1.807) is 13.0 Å². The van der Waals surface area contributed by atoms with Gasteiger partial charge in [-0.05, 0) is 54.0 Å². The zero-order valence-electron chi connectivity index (χ0n) is 10.8. The number of halogens is 3. The summed E-state index contributed by atoms with van der Waals surface area (Å²) < 4.78 is 37.8. The molecular formula is C14H18F3N. The van der Waals surface area contributed by atoms with Crippen LogP contribution in [0, 0.1) is 18.3 Å². The van der Waals surface area contributed by atoms with E-state index in [4.69, 9.17) is 5.73 Å². The largest absolute Gasteiger partial charge is 0.416 e. The van der Waals surface area contributed by atoms with Crippen molar-refractivity contribution in [2.75, 3.05) is 6.54 Å². The predicted octanol–water partition coefficient (Wildman–Crippen LogP) is 3.71. The first-order valence-corrected chi connectivity index (χ1v) is 6.07. The molecule has 0 heterocycles. The van der Waals surface area contributed by atoms with Gasteiger partial charge in [0.1, 0.15) is 0 Å². The van der Waals surface area contributed by atoms with Crippen LogP contribution >= 0.6 is 0 Å². The van der Waals surface area contributed by atoms with Gasteiger partial charge in [0.15, 0.2) is 0 Å². The highest BCUT2D eigenvalue weighted by Crippen LogP contribution is 2.64. The summed E-state index contributed by atoms with van der Waals surface area (Å²) in [7, 11) is 0. The van der Waals surface area contributed by atoms with E-state index in [1.165, 1.54) is 12.1 Å². The van der Waals surface area contributed by atoms with Crippen LogP contribution in [0.4, 0.5) is 13.2 Å². The summed E-state index contributed by atoms with van der Waals surface area (Å²) in [5, 5.41) is 0. The van der Waals surface area contributed by atoms with Gasteiger partial charge in [-0.25, -0.2) is 0 Å². The average Bonchev–Trinajstić information content (AvgIpc) is 2.78. The van der Waals surface area contributed by atoms with Gasteiger partial charge in [-0.1, -0.05) is 19.9 Å². The molecule has 2 rings (SSSR count). The number of hydrogen-bond donors (Lipinski definition) is 1. The summed E-state index contributed by atoms with van der Waals surface area (Å²) in [4.78, 5) is 0. The van der Waals surface area contributed by atoms with Crippen molar-refractivity contribution in [3.63, 3.8) is 0 Å². The van der Waals surface area contributed by atoms with Crippen LogP contribution in [0.1, 0.15) is 36.5 Å². The number of aryl methyl sites for hydroxylation is 1. The van der Waals surface area contributed by atoms with Gasteiger partial charge in [-0.15, -0.1) is 0 Å². The van der Waals surface area contributed by atoms with E-state index in [1.807, 2.05) is 0 Å². The second-order valence-electron chi connectivity index (χ2n) is 5.71. The maximum Gasteiger partial charge on any atom is 0.416 e. The van der Waals surface area contributed by atoms with E-state index < -0.39 is 11.7 Å². The molecule has 0 unspecified atom stereocenters. The molecule has 1 nitrogen and oxygen atoms in total. The summed E-state index contributed by atoms with van der Waals surface area (Å²) >= 11 is 0. The molecule has 0 aliphatic heterocycles. The molecule has 100 valence electrons. The summed E-state index contributed by atoms with van der Waals surface area (Å²) in [6.45, 7) is 6.56. The van der Waals surface area contributed by atoms with Gasteiger partial charge < -0.3 is 5.73 Å². The van der Waals surface area contributed by atoms with Crippen LogP contribution < -0.4 is 5.73 Å². The van der Waals surface area contributed by atoms with E-state index in [0.717, 1.165) is 5.56 Å². The molecular weight excluding hydrogens is 239 g/mol. The van der Waals surface area contributed by atoms with Crippen LogP contribution in [0.15, 0.2) is 18.2 Å². The van der Waals surface area contributed by atoms with Gasteiger partial charge in [-0.3, -0.25) is 0 Å². The van der Waals surface area contributed by atoms with Gasteiger partial charge >= 0.3 is 6.18 Å². The molecule has 2 N–H and O–H groups in total. The van der Waals surface area contributed by atoms with Gasteiger partial charge in [0, 0.05) is 0 Å². The number of alkyl halides is 3. The molecule has 18 heavy (non-hydrogen) atoms. The Morgan fingerprint density at radius 2 is 1.89 bits per heavy atom. The second-order valence-corrected chi connectivity index (χ2v) is 5.71. The molecule has 0 bridgehead atoms. The molecule has 0 radical (unpaired) electrons. The Morgan fingerprint density at radius 3 is 2.28 bits per heavy atom. The highest BCUT2D eigenvalue weighted by atomic mass is 19.4. The van der Waals surface area contributed by atoms with E-state index in [0.29, 0.717) is 18.0 Å². The van der Waals surface area contributed by atoms with Crippen molar-refractivity contribution in [3.8, 4) is 0 Å². The fourth-order valence-electron chi connectivity index (χ4n) is 3.00. The van der Waals surface area contributed by atoms with Gasteiger partial charge in [0.25, 0.3) is 0 Å². The Hall–Kier alpha value is -1.03. The fourth-order valence-corrected chi connectivity index (χ4v) is 3.00. The maximum absolute atomic E-state index is 12.6. The van der Waals surface area contributed by atoms with E-state index in [-0.39, 0.29) is 11.3 Å². The lowest BCUT2D eigenvalue weighted by Gasteiger charge is -2.12. The lowest BCUT2D eigenvalue weighted by molar-refractivity contribution is -0.137. The smallest absolute Gasteiger partial charge is 0.330 e. The Bertz CT molecular complexity index is 463. The minimum atomic E-state index is -4.27. The molecule has 1 aromatic carbocycles. The molecule has 1 aliphatic rings. The van der Waals surface area contributed by atoms with Crippen LogP contribution in [0.25, 0.3) is 0 Å². The van der Waals surface area contributed by atoms with Crippen molar-refractivity contribution in [1.29, 1.82) is 0 Å². The number of rotatable bonds is 2. The minimum absolute atomic E-state index is 0.0965. The number of nitrogens with two attached hydrogens (primary N) is 1. The molecule has 1 saturated carbocycles.